The molecule has 1 aliphatic rings. The van der Waals surface area contributed by atoms with E-state index in [0.717, 1.165) is 6.42 Å². The molecule has 0 amide bonds. The van der Waals surface area contributed by atoms with E-state index in [2.05, 4.69) is 0 Å². The highest BCUT2D eigenvalue weighted by atomic mass is 16.5. The van der Waals surface area contributed by atoms with E-state index in [0.29, 0.717) is 13.2 Å². The first-order valence-electron chi connectivity index (χ1n) is 2.91. The Morgan fingerprint density at radius 2 is 2.56 bits per heavy atom. The third kappa shape index (κ3) is 1.40. The van der Waals surface area contributed by atoms with Gasteiger partial charge in [0.25, 0.3) is 0 Å². The Hall–Kier alpha value is -0.610. The van der Waals surface area contributed by atoms with Crippen LogP contribution in [0.25, 0.3) is 0 Å². The van der Waals surface area contributed by atoms with E-state index < -0.39 is 0 Å². The van der Waals surface area contributed by atoms with Crippen LogP contribution in [0.4, 0.5) is 0 Å². The van der Waals surface area contributed by atoms with Gasteiger partial charge in [0.15, 0.2) is 0 Å². The number of ether oxygens (including phenoxy) is 1. The van der Waals surface area contributed by atoms with E-state index in [4.69, 9.17) is 15.4 Å². The Morgan fingerprint density at radius 1 is 1.78 bits per heavy atom. The van der Waals surface area contributed by atoms with Gasteiger partial charge < -0.3 is 4.74 Å². The Balaban J connectivity index is 2.32. The van der Waals surface area contributed by atoms with Crippen molar-refractivity contribution in [2.45, 2.75) is 6.42 Å². The van der Waals surface area contributed by atoms with E-state index in [1.807, 2.05) is 5.48 Å². The summed E-state index contributed by atoms with van der Waals surface area (Å²) < 4.78 is 4.99. The Kier molecular flexibility index (Phi) is 2.02. The molecule has 1 aliphatic heterocycles. The van der Waals surface area contributed by atoms with Crippen LogP contribution in [0.5, 0.6) is 0 Å². The van der Waals surface area contributed by atoms with Crippen LogP contribution < -0.4 is 5.48 Å². The van der Waals surface area contributed by atoms with Crippen molar-refractivity contribution in [2.24, 2.45) is 5.92 Å². The predicted octanol–water partition coefficient (Wildman–Crippen LogP) is -0.0210. The fraction of sp³-hybridized carbons (Fsp3) is 0.800. The lowest BCUT2D eigenvalue weighted by atomic mass is 10.1. The quantitative estimate of drug-likeness (QED) is 0.265. The van der Waals surface area contributed by atoms with Crippen molar-refractivity contribution >= 4 is 5.84 Å². The SMILES string of the molecule is N=C(NO)[C@H]1CCOC1. The van der Waals surface area contributed by atoms with Gasteiger partial charge in [-0.25, -0.2) is 0 Å². The van der Waals surface area contributed by atoms with Crippen LogP contribution in [0.2, 0.25) is 0 Å². The Labute approximate surface area is 53.3 Å². The summed E-state index contributed by atoms with van der Waals surface area (Å²) in [6.07, 6.45) is 0.840. The maximum absolute atomic E-state index is 8.27. The number of hydrogen-bond donors (Lipinski definition) is 3. The van der Waals surface area contributed by atoms with Crippen molar-refractivity contribution in [1.29, 1.82) is 5.41 Å². The predicted molar refractivity (Wildman–Crippen MR) is 31.6 cm³/mol. The molecule has 0 aromatic rings. The van der Waals surface area contributed by atoms with Crippen molar-refractivity contribution < 1.29 is 9.94 Å². The van der Waals surface area contributed by atoms with E-state index in [-0.39, 0.29) is 11.8 Å². The minimum absolute atomic E-state index is 0.0787. The van der Waals surface area contributed by atoms with Crippen molar-refractivity contribution in [3.05, 3.63) is 0 Å². The summed E-state index contributed by atoms with van der Waals surface area (Å²) in [5.74, 6) is 0.238. The van der Waals surface area contributed by atoms with Gasteiger partial charge in [0.1, 0.15) is 5.84 Å². The van der Waals surface area contributed by atoms with Gasteiger partial charge in [0.2, 0.25) is 0 Å². The second-order valence-corrected chi connectivity index (χ2v) is 2.09. The smallest absolute Gasteiger partial charge is 0.123 e. The molecular formula is C5H10N2O2. The monoisotopic (exact) mass is 130 g/mol. The van der Waals surface area contributed by atoms with Crippen LogP contribution in [0.1, 0.15) is 6.42 Å². The normalized spacial score (nSPS) is 26.1. The molecule has 0 radical (unpaired) electrons. The summed E-state index contributed by atoms with van der Waals surface area (Å²) in [5, 5.41) is 15.4. The molecule has 3 N–H and O–H groups in total. The molecule has 0 aromatic heterocycles. The molecule has 1 saturated heterocycles. The first-order valence-corrected chi connectivity index (χ1v) is 2.91. The first-order chi connectivity index (χ1) is 4.34. The molecule has 0 bridgehead atoms. The lowest BCUT2D eigenvalue weighted by Crippen LogP contribution is -2.27. The summed E-state index contributed by atoms with van der Waals surface area (Å²) in [5.41, 5.74) is 1.81. The topological polar surface area (TPSA) is 65.3 Å². The van der Waals surface area contributed by atoms with Crippen LogP contribution in [-0.4, -0.2) is 24.3 Å². The van der Waals surface area contributed by atoms with E-state index in [1.54, 1.807) is 0 Å². The van der Waals surface area contributed by atoms with Crippen LogP contribution in [0, 0.1) is 11.3 Å². The van der Waals surface area contributed by atoms with Gasteiger partial charge in [0.05, 0.1) is 6.61 Å². The maximum Gasteiger partial charge on any atom is 0.123 e. The van der Waals surface area contributed by atoms with Crippen molar-refractivity contribution in [3.8, 4) is 0 Å². The molecule has 1 atom stereocenters. The van der Waals surface area contributed by atoms with E-state index in [9.17, 15) is 0 Å². The molecule has 9 heavy (non-hydrogen) atoms. The summed E-state index contributed by atoms with van der Waals surface area (Å²) in [4.78, 5) is 0. The van der Waals surface area contributed by atoms with E-state index in [1.165, 1.54) is 0 Å². The molecule has 0 unspecified atom stereocenters. The molecule has 0 saturated carbocycles. The van der Waals surface area contributed by atoms with Gasteiger partial charge in [-0.3, -0.25) is 16.1 Å². The van der Waals surface area contributed by atoms with Crippen LogP contribution in [0.3, 0.4) is 0 Å². The zero-order valence-electron chi connectivity index (χ0n) is 5.05. The standard InChI is InChI=1S/C5H10N2O2/c6-5(7-8)4-1-2-9-3-4/h4,8H,1-3H2,(H2,6,7)/t4-/m0/s1. The van der Waals surface area contributed by atoms with Crippen molar-refractivity contribution in [1.82, 2.24) is 5.48 Å². The molecule has 4 nitrogen and oxygen atoms in total. The average molecular weight is 130 g/mol. The number of hydroxylamine groups is 1. The number of hydrogen-bond acceptors (Lipinski definition) is 3. The minimum atomic E-state index is 0.0787. The largest absolute Gasteiger partial charge is 0.381 e. The van der Waals surface area contributed by atoms with Gasteiger partial charge in [-0.2, -0.15) is 0 Å². The molecule has 52 valence electrons. The second kappa shape index (κ2) is 2.80. The first kappa shape index (κ1) is 6.51. The highest BCUT2D eigenvalue weighted by molar-refractivity contribution is 5.80. The zero-order chi connectivity index (χ0) is 6.69. The summed E-state index contributed by atoms with van der Waals surface area (Å²) in [7, 11) is 0. The lowest BCUT2D eigenvalue weighted by Gasteiger charge is -2.05. The maximum atomic E-state index is 8.27. The second-order valence-electron chi connectivity index (χ2n) is 2.09. The molecule has 0 aromatic carbocycles. The fourth-order valence-corrected chi connectivity index (χ4v) is 0.853. The van der Waals surface area contributed by atoms with Gasteiger partial charge in [0, 0.05) is 12.5 Å². The minimum Gasteiger partial charge on any atom is -0.381 e. The molecule has 1 rings (SSSR count). The summed E-state index contributed by atoms with van der Waals surface area (Å²) in [6, 6.07) is 0. The molecule has 1 fully saturated rings. The van der Waals surface area contributed by atoms with E-state index >= 15 is 0 Å². The Morgan fingerprint density at radius 3 is 3.00 bits per heavy atom. The molecular weight excluding hydrogens is 120 g/mol. The highest BCUT2D eigenvalue weighted by Crippen LogP contribution is 2.11. The number of nitrogens with one attached hydrogen (secondary N) is 2. The molecule has 0 aliphatic carbocycles. The van der Waals surface area contributed by atoms with Crippen molar-refractivity contribution in [3.63, 3.8) is 0 Å². The summed E-state index contributed by atoms with van der Waals surface area (Å²) in [6.45, 7) is 1.27. The molecule has 1 heterocycles. The molecule has 4 heteroatoms. The summed E-state index contributed by atoms with van der Waals surface area (Å²) >= 11 is 0. The van der Waals surface area contributed by atoms with Crippen LogP contribution in [-0.2, 0) is 4.74 Å². The van der Waals surface area contributed by atoms with Gasteiger partial charge in [-0.05, 0) is 6.42 Å². The van der Waals surface area contributed by atoms with Gasteiger partial charge >= 0.3 is 0 Å². The number of rotatable bonds is 1. The lowest BCUT2D eigenvalue weighted by molar-refractivity contribution is 0.187. The average Bonchev–Trinajstić information content (AvgIpc) is 2.37. The third-order valence-electron chi connectivity index (χ3n) is 1.46. The number of amidine groups is 1. The van der Waals surface area contributed by atoms with Crippen molar-refractivity contribution in [2.75, 3.05) is 13.2 Å². The Bertz CT molecular complexity index is 110. The van der Waals surface area contributed by atoms with Gasteiger partial charge in [-0.15, -0.1) is 0 Å². The zero-order valence-corrected chi connectivity index (χ0v) is 5.05. The third-order valence-corrected chi connectivity index (χ3v) is 1.46. The fourth-order valence-electron chi connectivity index (χ4n) is 0.853. The van der Waals surface area contributed by atoms with Gasteiger partial charge in [-0.1, -0.05) is 0 Å². The van der Waals surface area contributed by atoms with Crippen LogP contribution in [0.15, 0.2) is 0 Å². The highest BCUT2D eigenvalue weighted by Gasteiger charge is 2.19. The van der Waals surface area contributed by atoms with Crippen LogP contribution >= 0.6 is 0 Å². The molecule has 0 spiro atoms.